The quantitative estimate of drug-likeness (QED) is 0.174. The van der Waals surface area contributed by atoms with Gasteiger partial charge in [0.05, 0.1) is 17.1 Å². The van der Waals surface area contributed by atoms with E-state index >= 15 is 0 Å². The van der Waals surface area contributed by atoms with Gasteiger partial charge in [-0.15, -0.1) is 0 Å². The molecule has 48 heavy (non-hydrogen) atoms. The molecule has 7 aromatic rings. The van der Waals surface area contributed by atoms with Crippen molar-refractivity contribution in [2.24, 2.45) is 0 Å². The fourth-order valence-electron chi connectivity index (χ4n) is 9.41. The summed E-state index contributed by atoms with van der Waals surface area (Å²) in [6.45, 7) is 14.6. The van der Waals surface area contributed by atoms with E-state index in [4.69, 9.17) is 0 Å². The van der Waals surface area contributed by atoms with Gasteiger partial charge >= 0.3 is 0 Å². The van der Waals surface area contributed by atoms with E-state index in [0.717, 1.165) is 0 Å². The summed E-state index contributed by atoms with van der Waals surface area (Å²) in [5.74, 6) is 0. The third-order valence-electron chi connectivity index (χ3n) is 12.2. The molecule has 0 aromatic heterocycles. The van der Waals surface area contributed by atoms with Crippen molar-refractivity contribution in [2.75, 3.05) is 4.90 Å². The summed E-state index contributed by atoms with van der Waals surface area (Å²) in [5.41, 5.74) is 17.4. The van der Waals surface area contributed by atoms with E-state index in [1.165, 1.54) is 94.2 Å². The summed E-state index contributed by atoms with van der Waals surface area (Å²) in [6, 6.07) is 48.3. The minimum Gasteiger partial charge on any atom is -0.309 e. The van der Waals surface area contributed by atoms with Gasteiger partial charge in [0.15, 0.2) is 0 Å². The summed E-state index contributed by atoms with van der Waals surface area (Å²) in [5, 5.41) is 5.16. The zero-order valence-corrected chi connectivity index (χ0v) is 28.6. The van der Waals surface area contributed by atoms with Crippen LogP contribution in [0.25, 0.3) is 43.8 Å². The second-order valence-corrected chi connectivity index (χ2v) is 15.8. The molecule has 0 aliphatic carbocycles. The normalized spacial score (nSPS) is 17.0. The Labute approximate surface area is 283 Å². The van der Waals surface area contributed by atoms with Crippen LogP contribution in [-0.4, -0.2) is 0 Å². The van der Waals surface area contributed by atoms with Crippen LogP contribution in [0.5, 0.6) is 0 Å². The first-order valence-corrected chi connectivity index (χ1v) is 17.4. The van der Waals surface area contributed by atoms with Crippen molar-refractivity contribution in [3.8, 4) is 22.3 Å². The lowest BCUT2D eigenvalue weighted by Crippen LogP contribution is -2.43. The molecule has 0 saturated carbocycles. The maximum atomic E-state index is 2.65. The van der Waals surface area contributed by atoms with Gasteiger partial charge in [0.2, 0.25) is 0 Å². The Bertz CT molecular complexity index is 2440. The number of rotatable bonds is 2. The van der Waals surface area contributed by atoms with Crippen molar-refractivity contribution in [3.05, 3.63) is 161 Å². The molecule has 0 amide bonds. The molecule has 1 heteroatoms. The predicted molar refractivity (Wildman–Crippen MR) is 203 cm³/mol. The van der Waals surface area contributed by atoms with Crippen molar-refractivity contribution in [3.63, 3.8) is 0 Å². The Morgan fingerprint density at radius 1 is 0.333 bits per heavy atom. The molecule has 0 fully saturated rings. The summed E-state index contributed by atoms with van der Waals surface area (Å²) in [7, 11) is 0. The van der Waals surface area contributed by atoms with Crippen molar-refractivity contribution in [1.29, 1.82) is 0 Å². The third-order valence-corrected chi connectivity index (χ3v) is 12.2. The molecule has 10 rings (SSSR count). The van der Waals surface area contributed by atoms with E-state index in [9.17, 15) is 0 Å². The van der Waals surface area contributed by atoms with E-state index in [-0.39, 0.29) is 16.2 Å². The third kappa shape index (κ3) is 3.42. The topological polar surface area (TPSA) is 3.24 Å². The van der Waals surface area contributed by atoms with Crippen LogP contribution in [0.4, 0.5) is 17.1 Å². The van der Waals surface area contributed by atoms with E-state index in [0.29, 0.717) is 0 Å². The predicted octanol–water partition coefficient (Wildman–Crippen LogP) is 12.7. The highest BCUT2D eigenvalue weighted by molar-refractivity contribution is 6.09. The zero-order chi connectivity index (χ0) is 32.7. The Kier molecular flexibility index (Phi) is 5.27. The standard InChI is InChI=1S/C47H39N/c1-45(2)36-14-10-16-38-42(36)48-43-37(45)15-11-17-39(43)47(5,6)41-27-33(26-40(44(41)48)46(38,3)4)30-21-23-35-32(25-30)19-18-31-24-29(20-22-34(31)35)28-12-8-7-9-13-28/h7-27H,1-6H3. The monoisotopic (exact) mass is 617 g/mol. The summed E-state index contributed by atoms with van der Waals surface area (Å²) in [4.78, 5) is 2.65. The second-order valence-electron chi connectivity index (χ2n) is 15.8. The van der Waals surface area contributed by atoms with Crippen molar-refractivity contribution < 1.29 is 0 Å². The number of fused-ring (bicyclic) bond motifs is 3. The summed E-state index contributed by atoms with van der Waals surface area (Å²) < 4.78 is 0. The fraction of sp³-hybridized carbons (Fsp3) is 0.191. The summed E-state index contributed by atoms with van der Waals surface area (Å²) >= 11 is 0. The molecule has 0 saturated heterocycles. The molecule has 232 valence electrons. The van der Waals surface area contributed by atoms with Gasteiger partial charge in [-0.2, -0.15) is 0 Å². The maximum Gasteiger partial charge on any atom is 0.0544 e. The molecule has 3 heterocycles. The lowest BCUT2D eigenvalue weighted by molar-refractivity contribution is 0.567. The first-order chi connectivity index (χ1) is 23.1. The first-order valence-electron chi connectivity index (χ1n) is 17.4. The molecular formula is C47H39N. The van der Waals surface area contributed by atoms with Gasteiger partial charge in [-0.05, 0) is 101 Å². The Morgan fingerprint density at radius 3 is 1.23 bits per heavy atom. The van der Waals surface area contributed by atoms with E-state index < -0.39 is 0 Å². The Hall–Kier alpha value is -5.14. The molecule has 0 N–H and O–H groups in total. The number of benzene rings is 7. The van der Waals surface area contributed by atoms with E-state index in [1.807, 2.05) is 0 Å². The van der Waals surface area contributed by atoms with Gasteiger partial charge in [0.25, 0.3) is 0 Å². The molecule has 0 unspecified atom stereocenters. The molecular weight excluding hydrogens is 579 g/mol. The number of anilines is 3. The number of nitrogens with zero attached hydrogens (tertiary/aromatic N) is 1. The van der Waals surface area contributed by atoms with Gasteiger partial charge < -0.3 is 4.90 Å². The van der Waals surface area contributed by atoms with Crippen LogP contribution in [0.2, 0.25) is 0 Å². The SMILES string of the molecule is CC1(C)c2cccc3c2N2c4c1cccc4C(C)(C)c1cc(-c4ccc5c(ccc6cc(-c7ccccc7)ccc65)c4)cc(c12)C3(C)C. The van der Waals surface area contributed by atoms with E-state index in [2.05, 4.69) is 174 Å². The minimum atomic E-state index is -0.151. The molecule has 0 atom stereocenters. The first kappa shape index (κ1) is 27.9. The smallest absolute Gasteiger partial charge is 0.0544 e. The lowest BCUT2D eigenvalue weighted by atomic mass is 9.60. The van der Waals surface area contributed by atoms with Crippen LogP contribution in [0.1, 0.15) is 74.9 Å². The highest BCUT2D eigenvalue weighted by Crippen LogP contribution is 2.66. The molecule has 3 aliphatic rings. The van der Waals surface area contributed by atoms with Crippen molar-refractivity contribution in [2.45, 2.75) is 57.8 Å². The van der Waals surface area contributed by atoms with E-state index in [1.54, 1.807) is 0 Å². The lowest BCUT2D eigenvalue weighted by Gasteiger charge is -2.55. The average molecular weight is 618 g/mol. The van der Waals surface area contributed by atoms with Gasteiger partial charge in [-0.3, -0.25) is 0 Å². The van der Waals surface area contributed by atoms with Crippen LogP contribution in [0, 0.1) is 0 Å². The van der Waals surface area contributed by atoms with Gasteiger partial charge in [0, 0.05) is 16.2 Å². The van der Waals surface area contributed by atoms with Crippen LogP contribution in [0.15, 0.2) is 127 Å². The zero-order valence-electron chi connectivity index (χ0n) is 28.6. The van der Waals surface area contributed by atoms with Gasteiger partial charge in [-0.1, -0.05) is 145 Å². The number of para-hydroxylation sites is 2. The van der Waals surface area contributed by atoms with Crippen LogP contribution >= 0.6 is 0 Å². The number of hydrogen-bond donors (Lipinski definition) is 0. The van der Waals surface area contributed by atoms with Crippen molar-refractivity contribution >= 4 is 38.6 Å². The highest BCUT2D eigenvalue weighted by atomic mass is 15.2. The van der Waals surface area contributed by atoms with Gasteiger partial charge in [0.1, 0.15) is 0 Å². The summed E-state index contributed by atoms with van der Waals surface area (Å²) in [6.07, 6.45) is 0. The largest absolute Gasteiger partial charge is 0.309 e. The van der Waals surface area contributed by atoms with Gasteiger partial charge in [-0.25, -0.2) is 0 Å². The Balaban J connectivity index is 1.19. The minimum absolute atomic E-state index is 0.0767. The van der Waals surface area contributed by atoms with Crippen LogP contribution < -0.4 is 4.90 Å². The molecule has 3 aliphatic heterocycles. The molecule has 0 spiro atoms. The van der Waals surface area contributed by atoms with Crippen LogP contribution in [-0.2, 0) is 16.2 Å². The molecule has 1 nitrogen and oxygen atoms in total. The van der Waals surface area contributed by atoms with Crippen LogP contribution in [0.3, 0.4) is 0 Å². The fourth-order valence-corrected chi connectivity index (χ4v) is 9.41. The second kappa shape index (κ2) is 9.05. The number of hydrogen-bond acceptors (Lipinski definition) is 1. The molecule has 7 aromatic carbocycles. The Morgan fingerprint density at radius 2 is 0.750 bits per heavy atom. The molecule has 0 bridgehead atoms. The molecule has 0 radical (unpaired) electrons. The van der Waals surface area contributed by atoms with Crippen molar-refractivity contribution in [1.82, 2.24) is 0 Å². The average Bonchev–Trinajstić information content (AvgIpc) is 3.10. The highest BCUT2D eigenvalue weighted by Gasteiger charge is 2.51. The maximum absolute atomic E-state index is 2.65.